The molecule has 7 heteroatoms. The summed E-state index contributed by atoms with van der Waals surface area (Å²) in [5.74, 6) is 0.913. The third kappa shape index (κ3) is 4.53. The number of nitrogens with zero attached hydrogens (tertiary/aromatic N) is 3. The Morgan fingerprint density at radius 3 is 2.84 bits per heavy atom. The Morgan fingerprint density at radius 1 is 1.47 bits per heavy atom. The Balaban J connectivity index is 2.76. The molecule has 1 unspecified atom stereocenters. The molecule has 0 amide bonds. The third-order valence-electron chi connectivity index (χ3n) is 2.47. The van der Waals surface area contributed by atoms with E-state index in [1.54, 1.807) is 19.1 Å². The summed E-state index contributed by atoms with van der Waals surface area (Å²) in [4.78, 5) is 9.87. The predicted octanol–water partition coefficient (Wildman–Crippen LogP) is 0.291. The molecule has 0 fully saturated rings. The zero-order valence-corrected chi connectivity index (χ0v) is 11.7. The molecule has 1 aromatic rings. The molecule has 0 bridgehead atoms. The van der Waals surface area contributed by atoms with E-state index in [4.69, 9.17) is 15.2 Å². The highest BCUT2D eigenvalue weighted by atomic mass is 16.5. The molecule has 0 aliphatic heterocycles. The van der Waals surface area contributed by atoms with Crippen molar-refractivity contribution >= 4 is 11.5 Å². The monoisotopic (exact) mass is 270 g/mol. The van der Waals surface area contributed by atoms with Gasteiger partial charge in [0.1, 0.15) is 12.0 Å². The van der Waals surface area contributed by atoms with E-state index in [1.165, 1.54) is 6.33 Å². The van der Waals surface area contributed by atoms with Gasteiger partial charge in [-0.3, -0.25) is 0 Å². The van der Waals surface area contributed by atoms with E-state index in [1.807, 2.05) is 6.92 Å². The largest absolute Gasteiger partial charge is 0.476 e. The Morgan fingerprint density at radius 2 is 2.21 bits per heavy atom. The van der Waals surface area contributed by atoms with Crippen LogP contribution in [-0.4, -0.2) is 55.1 Å². The number of nitrogen functional groups attached to an aromatic ring is 1. The standard InChI is InChI=1S/C12H22N4O3/c1-4-5-19-12-10(13)11(14-8-15-12)16(2)6-9(17)7-18-3/h8-9,17H,4-7,13H2,1-3H3. The van der Waals surface area contributed by atoms with E-state index in [0.717, 1.165) is 6.42 Å². The molecule has 1 atom stereocenters. The van der Waals surface area contributed by atoms with E-state index >= 15 is 0 Å². The van der Waals surface area contributed by atoms with Gasteiger partial charge in [-0.25, -0.2) is 4.98 Å². The van der Waals surface area contributed by atoms with Crippen LogP contribution in [0.3, 0.4) is 0 Å². The van der Waals surface area contributed by atoms with E-state index in [9.17, 15) is 5.11 Å². The van der Waals surface area contributed by atoms with Crippen molar-refractivity contribution in [3.8, 4) is 5.88 Å². The average molecular weight is 270 g/mol. The van der Waals surface area contributed by atoms with Gasteiger partial charge in [0.15, 0.2) is 5.82 Å². The summed E-state index contributed by atoms with van der Waals surface area (Å²) in [5, 5.41) is 9.70. The van der Waals surface area contributed by atoms with Crippen molar-refractivity contribution in [1.82, 2.24) is 9.97 Å². The normalized spacial score (nSPS) is 12.2. The molecule has 0 aliphatic rings. The summed E-state index contributed by atoms with van der Waals surface area (Å²) in [6.07, 6.45) is 1.67. The summed E-state index contributed by atoms with van der Waals surface area (Å²) >= 11 is 0. The molecule has 3 N–H and O–H groups in total. The van der Waals surface area contributed by atoms with Crippen LogP contribution in [0.4, 0.5) is 11.5 Å². The summed E-state index contributed by atoms with van der Waals surface area (Å²) in [6.45, 7) is 3.18. The van der Waals surface area contributed by atoms with Gasteiger partial charge in [0.25, 0.3) is 0 Å². The second kappa shape index (κ2) is 7.75. The van der Waals surface area contributed by atoms with Gasteiger partial charge in [-0.05, 0) is 6.42 Å². The Labute approximate surface area is 113 Å². The molecular formula is C12H22N4O3. The number of likely N-dealkylation sites (N-methyl/N-ethyl adjacent to an activating group) is 1. The molecule has 7 nitrogen and oxygen atoms in total. The summed E-state index contributed by atoms with van der Waals surface area (Å²) in [7, 11) is 3.33. The number of aromatic nitrogens is 2. The smallest absolute Gasteiger partial charge is 0.242 e. The lowest BCUT2D eigenvalue weighted by atomic mass is 10.3. The first kappa shape index (κ1) is 15.5. The fraction of sp³-hybridized carbons (Fsp3) is 0.667. The quantitative estimate of drug-likeness (QED) is 0.701. The summed E-state index contributed by atoms with van der Waals surface area (Å²) < 4.78 is 10.3. The maximum Gasteiger partial charge on any atom is 0.242 e. The van der Waals surface area contributed by atoms with Crippen molar-refractivity contribution in [3.05, 3.63) is 6.33 Å². The van der Waals surface area contributed by atoms with Crippen LogP contribution >= 0.6 is 0 Å². The summed E-state index contributed by atoms with van der Waals surface area (Å²) in [6, 6.07) is 0. The van der Waals surface area contributed by atoms with Gasteiger partial charge < -0.3 is 25.2 Å². The van der Waals surface area contributed by atoms with Gasteiger partial charge in [0.05, 0.1) is 19.3 Å². The molecule has 0 radical (unpaired) electrons. The lowest BCUT2D eigenvalue weighted by Gasteiger charge is -2.23. The van der Waals surface area contributed by atoms with Crippen LogP contribution in [0.25, 0.3) is 0 Å². The Bertz CT molecular complexity index is 389. The maximum absolute atomic E-state index is 9.70. The van der Waals surface area contributed by atoms with Crippen LogP contribution in [0, 0.1) is 0 Å². The SMILES string of the molecule is CCCOc1ncnc(N(C)CC(O)COC)c1N. The molecule has 1 rings (SSSR count). The summed E-state index contributed by atoms with van der Waals surface area (Å²) in [5.41, 5.74) is 6.35. The van der Waals surface area contributed by atoms with Crippen LogP contribution in [0.5, 0.6) is 5.88 Å². The number of aliphatic hydroxyl groups is 1. The minimum Gasteiger partial charge on any atom is -0.476 e. The molecule has 19 heavy (non-hydrogen) atoms. The minimum absolute atomic E-state index is 0.258. The topological polar surface area (TPSA) is 93.7 Å². The fourth-order valence-electron chi connectivity index (χ4n) is 1.64. The van der Waals surface area contributed by atoms with E-state index in [0.29, 0.717) is 30.5 Å². The van der Waals surface area contributed by atoms with Crippen LogP contribution in [0.15, 0.2) is 6.33 Å². The highest BCUT2D eigenvalue weighted by Gasteiger charge is 2.15. The zero-order chi connectivity index (χ0) is 14.3. The molecule has 0 saturated heterocycles. The first-order chi connectivity index (χ1) is 9.10. The number of aliphatic hydroxyl groups excluding tert-OH is 1. The lowest BCUT2D eigenvalue weighted by Crippen LogP contribution is -2.33. The van der Waals surface area contributed by atoms with E-state index < -0.39 is 6.10 Å². The van der Waals surface area contributed by atoms with Crippen LogP contribution in [0.1, 0.15) is 13.3 Å². The molecule has 0 saturated carbocycles. The highest BCUT2D eigenvalue weighted by molar-refractivity contribution is 5.67. The molecule has 0 aliphatic carbocycles. The molecule has 0 aromatic carbocycles. The average Bonchev–Trinajstić information content (AvgIpc) is 2.37. The first-order valence-corrected chi connectivity index (χ1v) is 6.21. The zero-order valence-electron chi connectivity index (χ0n) is 11.7. The molecule has 1 aromatic heterocycles. The van der Waals surface area contributed by atoms with Gasteiger partial charge in [-0.1, -0.05) is 6.92 Å². The van der Waals surface area contributed by atoms with Crippen molar-refractivity contribution in [2.45, 2.75) is 19.4 Å². The van der Waals surface area contributed by atoms with Gasteiger partial charge in [-0.15, -0.1) is 0 Å². The van der Waals surface area contributed by atoms with Gasteiger partial charge in [0.2, 0.25) is 5.88 Å². The fourth-order valence-corrected chi connectivity index (χ4v) is 1.64. The van der Waals surface area contributed by atoms with E-state index in [-0.39, 0.29) is 6.61 Å². The van der Waals surface area contributed by atoms with Gasteiger partial charge in [-0.2, -0.15) is 4.98 Å². The second-order valence-corrected chi connectivity index (χ2v) is 4.25. The maximum atomic E-state index is 9.70. The number of rotatable bonds is 8. The molecular weight excluding hydrogens is 248 g/mol. The van der Waals surface area contributed by atoms with Crippen LogP contribution < -0.4 is 15.4 Å². The molecule has 0 spiro atoms. The van der Waals surface area contributed by atoms with Crippen molar-refractivity contribution in [2.24, 2.45) is 0 Å². The number of nitrogens with two attached hydrogens (primary N) is 1. The van der Waals surface area contributed by atoms with E-state index in [2.05, 4.69) is 9.97 Å². The lowest BCUT2D eigenvalue weighted by molar-refractivity contribution is 0.0694. The van der Waals surface area contributed by atoms with Crippen molar-refractivity contribution in [1.29, 1.82) is 0 Å². The molecule has 1 heterocycles. The second-order valence-electron chi connectivity index (χ2n) is 4.25. The number of hydrogen-bond acceptors (Lipinski definition) is 7. The van der Waals surface area contributed by atoms with Crippen molar-refractivity contribution in [2.75, 3.05) is 44.5 Å². The number of anilines is 2. The minimum atomic E-state index is -0.607. The number of hydrogen-bond donors (Lipinski definition) is 2. The number of ether oxygens (including phenoxy) is 2. The first-order valence-electron chi connectivity index (χ1n) is 6.21. The van der Waals surface area contributed by atoms with Gasteiger partial charge >= 0.3 is 0 Å². The van der Waals surface area contributed by atoms with Crippen molar-refractivity contribution in [3.63, 3.8) is 0 Å². The molecule has 108 valence electrons. The number of methoxy groups -OCH3 is 1. The van der Waals surface area contributed by atoms with Crippen LogP contribution in [0.2, 0.25) is 0 Å². The van der Waals surface area contributed by atoms with Crippen molar-refractivity contribution < 1.29 is 14.6 Å². The Hall–Kier alpha value is -1.60. The Kier molecular flexibility index (Phi) is 6.31. The van der Waals surface area contributed by atoms with Crippen LogP contribution in [-0.2, 0) is 4.74 Å². The highest BCUT2D eigenvalue weighted by Crippen LogP contribution is 2.27. The van der Waals surface area contributed by atoms with Gasteiger partial charge in [0, 0.05) is 20.7 Å². The third-order valence-corrected chi connectivity index (χ3v) is 2.47. The predicted molar refractivity (Wildman–Crippen MR) is 73.4 cm³/mol.